The molecule has 0 aromatic heterocycles. The summed E-state index contributed by atoms with van der Waals surface area (Å²) in [5, 5.41) is 23.0. The van der Waals surface area contributed by atoms with Crippen molar-refractivity contribution in [3.63, 3.8) is 0 Å². The van der Waals surface area contributed by atoms with Crippen LogP contribution in [0.5, 0.6) is 5.75 Å². The normalized spacial score (nSPS) is 17.8. The zero-order valence-electron chi connectivity index (χ0n) is 10.3. The van der Waals surface area contributed by atoms with E-state index in [-0.39, 0.29) is 30.8 Å². The first kappa shape index (κ1) is 17.2. The molecule has 1 aliphatic heterocycles. The number of benzene rings is 1. The minimum absolute atomic E-state index is 0. The number of hydrogen-bond acceptors (Lipinski definition) is 4. The average molecular weight is 417 g/mol. The molecule has 0 spiro atoms. The number of nitrogens with one attached hydrogen (secondary N) is 1. The van der Waals surface area contributed by atoms with Gasteiger partial charge < -0.3 is 15.5 Å². The van der Waals surface area contributed by atoms with E-state index in [9.17, 15) is 10.2 Å². The zero-order chi connectivity index (χ0) is 13.1. The van der Waals surface area contributed by atoms with Crippen molar-refractivity contribution < 1.29 is 10.2 Å². The third-order valence-corrected chi connectivity index (χ3v) is 4.24. The van der Waals surface area contributed by atoms with Crippen LogP contribution in [0.15, 0.2) is 21.1 Å². The summed E-state index contributed by atoms with van der Waals surface area (Å²) in [5.74, 6) is 0.204. The zero-order valence-corrected chi connectivity index (χ0v) is 14.3. The maximum Gasteiger partial charge on any atom is 0.134 e. The van der Waals surface area contributed by atoms with Crippen LogP contribution in [0.4, 0.5) is 0 Å². The largest absolute Gasteiger partial charge is 0.506 e. The molecule has 0 aliphatic carbocycles. The Labute approximate surface area is 135 Å². The molecule has 1 aromatic rings. The first-order chi connectivity index (χ1) is 8.63. The van der Waals surface area contributed by atoms with Gasteiger partial charge in [-0.05, 0) is 28.1 Å². The predicted molar refractivity (Wildman–Crippen MR) is 85.0 cm³/mol. The second kappa shape index (κ2) is 7.81. The lowest BCUT2D eigenvalue weighted by Crippen LogP contribution is -2.46. The van der Waals surface area contributed by atoms with Crippen LogP contribution in [0.1, 0.15) is 11.6 Å². The Morgan fingerprint density at radius 1 is 1.26 bits per heavy atom. The maximum absolute atomic E-state index is 10.1. The molecule has 0 bridgehead atoms. The number of phenols is 1. The van der Waals surface area contributed by atoms with Crippen LogP contribution in [0.25, 0.3) is 0 Å². The molecule has 0 radical (unpaired) electrons. The lowest BCUT2D eigenvalue weighted by Gasteiger charge is -2.34. The molecule has 1 heterocycles. The molecule has 1 fully saturated rings. The summed E-state index contributed by atoms with van der Waals surface area (Å²) in [5.41, 5.74) is 0.751. The smallest absolute Gasteiger partial charge is 0.134 e. The molecular formula is C12H17Br2ClN2O2. The van der Waals surface area contributed by atoms with E-state index in [0.29, 0.717) is 4.47 Å². The molecule has 3 N–H and O–H groups in total. The number of rotatable bonds is 3. The number of nitrogens with zero attached hydrogens (tertiary/aromatic N) is 1. The molecule has 7 heteroatoms. The van der Waals surface area contributed by atoms with Crippen molar-refractivity contribution in [2.75, 3.05) is 32.8 Å². The first-order valence-electron chi connectivity index (χ1n) is 5.87. The fourth-order valence-electron chi connectivity index (χ4n) is 2.24. The number of aromatic hydroxyl groups is 1. The van der Waals surface area contributed by atoms with Gasteiger partial charge in [-0.1, -0.05) is 15.9 Å². The number of aliphatic hydroxyl groups excluding tert-OH is 1. The highest BCUT2D eigenvalue weighted by Gasteiger charge is 2.25. The molecule has 1 saturated heterocycles. The summed E-state index contributed by atoms with van der Waals surface area (Å²) >= 11 is 6.74. The predicted octanol–water partition coefficient (Wildman–Crippen LogP) is 2.28. The molecule has 0 unspecified atom stereocenters. The quantitative estimate of drug-likeness (QED) is 0.708. The van der Waals surface area contributed by atoms with Gasteiger partial charge in [0.05, 0.1) is 17.1 Å². The fourth-order valence-corrected chi connectivity index (χ4v) is 3.50. The number of piperazine rings is 1. The van der Waals surface area contributed by atoms with E-state index in [2.05, 4.69) is 42.1 Å². The number of hydrogen-bond donors (Lipinski definition) is 3. The Balaban J connectivity index is 0.00000180. The summed E-state index contributed by atoms with van der Waals surface area (Å²) in [6, 6.07) is 3.49. The first-order valence-corrected chi connectivity index (χ1v) is 7.45. The molecule has 4 nitrogen and oxygen atoms in total. The van der Waals surface area contributed by atoms with Crippen LogP contribution in [0.3, 0.4) is 0 Å². The van der Waals surface area contributed by atoms with Gasteiger partial charge in [0.25, 0.3) is 0 Å². The Kier molecular flexibility index (Phi) is 7.07. The number of phenolic OH excluding ortho intramolecular Hbond substituents is 1. The van der Waals surface area contributed by atoms with Crippen molar-refractivity contribution in [3.8, 4) is 5.75 Å². The van der Waals surface area contributed by atoms with E-state index >= 15 is 0 Å². The summed E-state index contributed by atoms with van der Waals surface area (Å²) < 4.78 is 1.52. The van der Waals surface area contributed by atoms with Crippen LogP contribution in [0, 0.1) is 0 Å². The minimum Gasteiger partial charge on any atom is -0.506 e. The van der Waals surface area contributed by atoms with Crippen molar-refractivity contribution in [2.24, 2.45) is 0 Å². The van der Waals surface area contributed by atoms with Gasteiger partial charge in [-0.25, -0.2) is 0 Å². The van der Waals surface area contributed by atoms with E-state index in [0.717, 1.165) is 36.2 Å². The number of halogens is 3. The second-order valence-corrected chi connectivity index (χ2v) is 6.08. The molecule has 0 amide bonds. The van der Waals surface area contributed by atoms with E-state index in [1.54, 1.807) is 6.07 Å². The lowest BCUT2D eigenvalue weighted by molar-refractivity contribution is 0.109. The Bertz CT molecular complexity index is 428. The Morgan fingerprint density at radius 3 is 2.47 bits per heavy atom. The molecule has 1 aromatic carbocycles. The molecule has 108 valence electrons. The Morgan fingerprint density at radius 2 is 1.89 bits per heavy atom. The average Bonchev–Trinajstić information content (AvgIpc) is 2.37. The monoisotopic (exact) mass is 414 g/mol. The summed E-state index contributed by atoms with van der Waals surface area (Å²) in [6.45, 7) is 3.55. The summed E-state index contributed by atoms with van der Waals surface area (Å²) in [4.78, 5) is 2.18. The molecular weight excluding hydrogens is 399 g/mol. The third kappa shape index (κ3) is 4.06. The molecule has 0 saturated carbocycles. The fraction of sp³-hybridized carbons (Fsp3) is 0.500. The van der Waals surface area contributed by atoms with E-state index < -0.39 is 0 Å². The topological polar surface area (TPSA) is 55.7 Å². The van der Waals surface area contributed by atoms with E-state index in [4.69, 9.17) is 0 Å². The molecule has 19 heavy (non-hydrogen) atoms. The van der Waals surface area contributed by atoms with Crippen LogP contribution >= 0.6 is 44.3 Å². The molecule has 1 atom stereocenters. The van der Waals surface area contributed by atoms with Crippen molar-refractivity contribution in [1.29, 1.82) is 0 Å². The second-order valence-electron chi connectivity index (χ2n) is 4.31. The van der Waals surface area contributed by atoms with E-state index in [1.165, 1.54) is 0 Å². The minimum atomic E-state index is -0.166. The van der Waals surface area contributed by atoms with Crippen molar-refractivity contribution in [1.82, 2.24) is 10.2 Å². The summed E-state index contributed by atoms with van der Waals surface area (Å²) in [7, 11) is 0. The van der Waals surface area contributed by atoms with Crippen LogP contribution in [-0.4, -0.2) is 47.9 Å². The summed E-state index contributed by atoms with van der Waals surface area (Å²) in [6.07, 6.45) is 0. The van der Waals surface area contributed by atoms with Gasteiger partial charge in [0, 0.05) is 36.2 Å². The highest BCUT2D eigenvalue weighted by Crippen LogP contribution is 2.37. The van der Waals surface area contributed by atoms with Crippen LogP contribution in [-0.2, 0) is 0 Å². The standard InChI is InChI=1S/C12H16Br2N2O2.ClH/c13-8-5-9(12(18)10(14)6-8)11(7-17)16-3-1-15-2-4-16;/h5-6,11,15,17-18H,1-4,7H2;1H/t11-;/m1./s1. The Hall–Kier alpha value is 0.150. The van der Waals surface area contributed by atoms with Crippen molar-refractivity contribution in [2.45, 2.75) is 6.04 Å². The lowest BCUT2D eigenvalue weighted by atomic mass is 10.0. The van der Waals surface area contributed by atoms with Gasteiger partial charge in [-0.3, -0.25) is 4.90 Å². The number of aliphatic hydroxyl groups is 1. The maximum atomic E-state index is 10.1. The van der Waals surface area contributed by atoms with Gasteiger partial charge in [0.15, 0.2) is 0 Å². The molecule has 2 rings (SSSR count). The highest BCUT2D eigenvalue weighted by atomic mass is 79.9. The van der Waals surface area contributed by atoms with Gasteiger partial charge in [-0.15, -0.1) is 12.4 Å². The van der Waals surface area contributed by atoms with E-state index in [1.807, 2.05) is 6.07 Å². The molecule has 1 aliphatic rings. The van der Waals surface area contributed by atoms with Gasteiger partial charge in [-0.2, -0.15) is 0 Å². The third-order valence-electron chi connectivity index (χ3n) is 3.18. The highest BCUT2D eigenvalue weighted by molar-refractivity contribution is 9.11. The van der Waals surface area contributed by atoms with Crippen molar-refractivity contribution in [3.05, 3.63) is 26.6 Å². The van der Waals surface area contributed by atoms with Gasteiger partial charge >= 0.3 is 0 Å². The van der Waals surface area contributed by atoms with Gasteiger partial charge in [0.2, 0.25) is 0 Å². The van der Waals surface area contributed by atoms with Crippen molar-refractivity contribution >= 4 is 44.3 Å². The van der Waals surface area contributed by atoms with Gasteiger partial charge in [0.1, 0.15) is 5.75 Å². The SMILES string of the molecule is Cl.OC[C@H](c1cc(Br)cc(Br)c1O)N1CCNCC1. The van der Waals surface area contributed by atoms with Crippen LogP contribution < -0.4 is 5.32 Å². The van der Waals surface area contributed by atoms with Crippen LogP contribution in [0.2, 0.25) is 0 Å².